The number of nitrogens with zero attached hydrogens (tertiary/aromatic N) is 3. The Hall–Kier alpha value is -1.95. The molecule has 3 heterocycles. The number of likely N-dealkylation sites (tertiary alicyclic amines) is 2. The van der Waals surface area contributed by atoms with Crippen molar-refractivity contribution in [3.8, 4) is 0 Å². The molecule has 0 N–H and O–H groups in total. The minimum Gasteiger partial charge on any atom is -0.372 e. The van der Waals surface area contributed by atoms with Crippen LogP contribution in [0.15, 0.2) is 18.3 Å². The summed E-state index contributed by atoms with van der Waals surface area (Å²) in [6.45, 7) is 4.30. The Kier molecular flexibility index (Phi) is 6.25. The Balaban J connectivity index is 1.53. The van der Waals surface area contributed by atoms with E-state index in [1.54, 1.807) is 12.0 Å². The van der Waals surface area contributed by atoms with Gasteiger partial charge >= 0.3 is 0 Å². The molecule has 1 unspecified atom stereocenters. The highest BCUT2D eigenvalue weighted by molar-refractivity contribution is 5.87. The lowest BCUT2D eigenvalue weighted by Crippen LogP contribution is -2.47. The highest BCUT2D eigenvalue weighted by Crippen LogP contribution is 2.27. The Morgan fingerprint density at radius 1 is 1.19 bits per heavy atom. The monoisotopic (exact) mass is 359 g/mol. The topological polar surface area (TPSA) is 62.7 Å². The van der Waals surface area contributed by atoms with Crippen LogP contribution in [0, 0.1) is 6.92 Å². The predicted octanol–water partition coefficient (Wildman–Crippen LogP) is 2.12. The van der Waals surface area contributed by atoms with Crippen LogP contribution < -0.4 is 0 Å². The van der Waals surface area contributed by atoms with Gasteiger partial charge in [0.1, 0.15) is 6.10 Å². The third-order valence-corrected chi connectivity index (χ3v) is 5.60. The number of hydrogen-bond acceptors (Lipinski definition) is 4. The zero-order valence-corrected chi connectivity index (χ0v) is 15.8. The molecule has 2 saturated heterocycles. The molecule has 0 aliphatic carbocycles. The quantitative estimate of drug-likeness (QED) is 0.826. The van der Waals surface area contributed by atoms with Crippen molar-refractivity contribution in [3.05, 3.63) is 29.6 Å². The second-order valence-corrected chi connectivity index (χ2v) is 7.37. The van der Waals surface area contributed by atoms with Gasteiger partial charge in [0, 0.05) is 38.6 Å². The zero-order chi connectivity index (χ0) is 18.5. The van der Waals surface area contributed by atoms with Crippen LogP contribution in [-0.2, 0) is 14.3 Å². The Morgan fingerprint density at radius 3 is 2.62 bits per heavy atom. The van der Waals surface area contributed by atoms with Crippen LogP contribution in [-0.4, -0.2) is 66.0 Å². The predicted molar refractivity (Wildman–Crippen MR) is 98.8 cm³/mol. The second kappa shape index (κ2) is 8.62. The van der Waals surface area contributed by atoms with E-state index in [0.717, 1.165) is 50.9 Å². The van der Waals surface area contributed by atoms with Gasteiger partial charge in [-0.25, -0.2) is 0 Å². The summed E-state index contributed by atoms with van der Waals surface area (Å²) >= 11 is 0. The lowest BCUT2D eigenvalue weighted by atomic mass is 9.90. The first kappa shape index (κ1) is 18.8. The van der Waals surface area contributed by atoms with E-state index < -0.39 is 6.10 Å². The summed E-state index contributed by atoms with van der Waals surface area (Å²) in [5.41, 5.74) is 2.28. The van der Waals surface area contributed by atoms with E-state index in [2.05, 4.69) is 11.1 Å². The number of ether oxygens (including phenoxy) is 1. The van der Waals surface area contributed by atoms with Gasteiger partial charge in [0.2, 0.25) is 5.91 Å². The van der Waals surface area contributed by atoms with Crippen molar-refractivity contribution in [3.63, 3.8) is 0 Å². The number of carbonyl (C=O) groups is 2. The van der Waals surface area contributed by atoms with E-state index in [4.69, 9.17) is 4.74 Å². The molecule has 0 aromatic carbocycles. The van der Waals surface area contributed by atoms with Crippen molar-refractivity contribution in [2.45, 2.75) is 51.0 Å². The van der Waals surface area contributed by atoms with Gasteiger partial charge in [0.25, 0.3) is 5.91 Å². The fourth-order valence-corrected chi connectivity index (χ4v) is 3.89. The van der Waals surface area contributed by atoms with Crippen molar-refractivity contribution in [2.75, 3.05) is 33.3 Å². The maximum absolute atomic E-state index is 12.7. The summed E-state index contributed by atoms with van der Waals surface area (Å²) in [5, 5.41) is 0. The lowest BCUT2D eigenvalue weighted by Gasteiger charge is -2.34. The molecule has 2 aliphatic rings. The van der Waals surface area contributed by atoms with E-state index in [-0.39, 0.29) is 18.4 Å². The van der Waals surface area contributed by atoms with Crippen molar-refractivity contribution >= 4 is 11.8 Å². The minimum atomic E-state index is -0.398. The van der Waals surface area contributed by atoms with Crippen LogP contribution in [0.2, 0.25) is 0 Å². The van der Waals surface area contributed by atoms with Crippen LogP contribution in [0.3, 0.4) is 0 Å². The molecule has 6 heteroatoms. The molecule has 2 fully saturated rings. The first-order chi connectivity index (χ1) is 12.6. The van der Waals surface area contributed by atoms with Crippen LogP contribution >= 0.6 is 0 Å². The lowest BCUT2D eigenvalue weighted by molar-refractivity contribution is -0.146. The summed E-state index contributed by atoms with van der Waals surface area (Å²) in [4.78, 5) is 33.1. The third kappa shape index (κ3) is 4.41. The fourth-order valence-electron chi connectivity index (χ4n) is 3.89. The number of carbonyl (C=O) groups excluding carboxylic acids is 2. The van der Waals surface area contributed by atoms with Crippen LogP contribution in [0.4, 0.5) is 0 Å². The first-order valence-electron chi connectivity index (χ1n) is 9.60. The number of methoxy groups -OCH3 is 1. The first-order valence-corrected chi connectivity index (χ1v) is 9.60. The molecule has 6 nitrogen and oxygen atoms in total. The van der Waals surface area contributed by atoms with Crippen LogP contribution in [0.1, 0.15) is 49.3 Å². The molecule has 1 aromatic rings. The molecule has 0 bridgehead atoms. The standard InChI is InChI=1S/C20H29N3O3/c1-15-6-7-17(13-21-15)16-8-11-22(12-9-16)19(24)14-23-10-4-3-5-18(26-2)20(23)25/h6-7,13,16,18H,3-5,8-12,14H2,1-2H3. The van der Waals surface area contributed by atoms with Gasteiger partial charge < -0.3 is 14.5 Å². The smallest absolute Gasteiger partial charge is 0.252 e. The second-order valence-electron chi connectivity index (χ2n) is 7.37. The van der Waals surface area contributed by atoms with E-state index in [0.29, 0.717) is 12.5 Å². The maximum Gasteiger partial charge on any atom is 0.252 e. The molecule has 2 amide bonds. The number of aromatic nitrogens is 1. The third-order valence-electron chi connectivity index (χ3n) is 5.60. The number of piperidine rings is 1. The minimum absolute atomic E-state index is 0.0426. The molecular formula is C20H29N3O3. The average Bonchev–Trinajstić information content (AvgIpc) is 2.84. The van der Waals surface area contributed by atoms with Crippen LogP contribution in [0.25, 0.3) is 0 Å². The molecule has 0 saturated carbocycles. The summed E-state index contributed by atoms with van der Waals surface area (Å²) in [5.74, 6) is 0.472. The van der Waals surface area contributed by atoms with E-state index in [1.165, 1.54) is 5.56 Å². The summed E-state index contributed by atoms with van der Waals surface area (Å²) in [7, 11) is 1.57. The molecule has 1 aromatic heterocycles. The normalized spacial score (nSPS) is 22.4. The molecular weight excluding hydrogens is 330 g/mol. The molecule has 142 valence electrons. The molecule has 26 heavy (non-hydrogen) atoms. The highest BCUT2D eigenvalue weighted by Gasteiger charge is 2.30. The largest absolute Gasteiger partial charge is 0.372 e. The Bertz CT molecular complexity index is 624. The van der Waals surface area contributed by atoms with E-state index in [9.17, 15) is 9.59 Å². The number of aryl methyl sites for hydroxylation is 1. The van der Waals surface area contributed by atoms with Crippen molar-refractivity contribution in [1.82, 2.24) is 14.8 Å². The average molecular weight is 359 g/mol. The fraction of sp³-hybridized carbons (Fsp3) is 0.650. The number of hydrogen-bond donors (Lipinski definition) is 0. The van der Waals surface area contributed by atoms with Gasteiger partial charge in [-0.1, -0.05) is 6.07 Å². The Morgan fingerprint density at radius 2 is 1.96 bits per heavy atom. The summed E-state index contributed by atoms with van der Waals surface area (Å²) < 4.78 is 5.29. The zero-order valence-electron chi connectivity index (χ0n) is 15.8. The maximum atomic E-state index is 12.7. The SMILES string of the molecule is COC1CCCCN(CC(=O)N2CCC(c3ccc(C)nc3)CC2)C1=O. The van der Waals surface area contributed by atoms with Gasteiger partial charge in [-0.3, -0.25) is 14.6 Å². The summed E-state index contributed by atoms with van der Waals surface area (Å²) in [6, 6.07) is 4.19. The molecule has 0 radical (unpaired) electrons. The van der Waals surface area contributed by atoms with Crippen molar-refractivity contribution in [1.29, 1.82) is 0 Å². The summed E-state index contributed by atoms with van der Waals surface area (Å²) in [6.07, 6.45) is 6.10. The van der Waals surface area contributed by atoms with Gasteiger partial charge in [-0.05, 0) is 56.6 Å². The number of amides is 2. The van der Waals surface area contributed by atoms with Gasteiger partial charge in [-0.2, -0.15) is 0 Å². The number of pyridine rings is 1. The van der Waals surface area contributed by atoms with Crippen molar-refractivity contribution < 1.29 is 14.3 Å². The van der Waals surface area contributed by atoms with Gasteiger partial charge in [0.15, 0.2) is 0 Å². The molecule has 3 rings (SSSR count). The van der Waals surface area contributed by atoms with E-state index >= 15 is 0 Å². The van der Waals surface area contributed by atoms with Crippen molar-refractivity contribution in [2.24, 2.45) is 0 Å². The number of rotatable bonds is 4. The molecule has 1 atom stereocenters. The van der Waals surface area contributed by atoms with E-state index in [1.807, 2.05) is 24.1 Å². The Labute approximate surface area is 155 Å². The van der Waals surface area contributed by atoms with Crippen LogP contribution in [0.5, 0.6) is 0 Å². The van der Waals surface area contributed by atoms with Gasteiger partial charge in [-0.15, -0.1) is 0 Å². The molecule has 0 spiro atoms. The highest BCUT2D eigenvalue weighted by atomic mass is 16.5. The molecule has 2 aliphatic heterocycles. The van der Waals surface area contributed by atoms with Gasteiger partial charge in [0.05, 0.1) is 6.54 Å².